The van der Waals surface area contributed by atoms with Gasteiger partial charge in [0.15, 0.2) is 5.82 Å². The number of aromatic nitrogens is 2. The molecule has 0 radical (unpaired) electrons. The topological polar surface area (TPSA) is 74.2 Å². The maximum absolute atomic E-state index is 5.64. The third kappa shape index (κ3) is 4.40. The van der Waals surface area contributed by atoms with Gasteiger partial charge >= 0.3 is 0 Å². The number of rotatable bonds is 6. The van der Waals surface area contributed by atoms with Crippen LogP contribution < -0.4 is 5.73 Å². The van der Waals surface area contributed by atoms with Crippen LogP contribution in [-0.2, 0) is 17.6 Å². The number of ether oxygens (including phenoxy) is 1. The predicted molar refractivity (Wildman–Crippen MR) is 56.4 cm³/mol. The fraction of sp³-hybridized carbons (Fsp3) is 0.800. The van der Waals surface area contributed by atoms with Crippen LogP contribution in [0.15, 0.2) is 4.52 Å². The van der Waals surface area contributed by atoms with E-state index >= 15 is 0 Å². The molecule has 0 aliphatic heterocycles. The van der Waals surface area contributed by atoms with E-state index in [2.05, 4.69) is 10.1 Å². The second kappa shape index (κ2) is 5.82. The maximum atomic E-state index is 5.64. The largest absolute Gasteiger partial charge is 0.382 e. The van der Waals surface area contributed by atoms with Crippen LogP contribution in [0.5, 0.6) is 0 Å². The van der Waals surface area contributed by atoms with Crippen LogP contribution in [0, 0.1) is 0 Å². The molecule has 0 aromatic carbocycles. The summed E-state index contributed by atoms with van der Waals surface area (Å²) in [5, 5.41) is 3.85. The number of hydrogen-bond acceptors (Lipinski definition) is 5. The Morgan fingerprint density at radius 3 is 2.80 bits per heavy atom. The first-order chi connectivity index (χ1) is 7.11. The lowest BCUT2D eigenvalue weighted by Crippen LogP contribution is -2.18. The molecule has 1 heterocycles. The molecule has 86 valence electrons. The highest BCUT2D eigenvalue weighted by Crippen LogP contribution is 2.05. The molecule has 15 heavy (non-hydrogen) atoms. The molecule has 0 spiro atoms. The van der Waals surface area contributed by atoms with Gasteiger partial charge in [-0.15, -0.1) is 0 Å². The minimum atomic E-state index is 0.0633. The SMILES string of the molecule is COC(C)CCc1nc(CC(C)N)no1. The molecule has 1 aromatic rings. The molecule has 0 bridgehead atoms. The number of nitrogens with two attached hydrogens (primary N) is 1. The lowest BCUT2D eigenvalue weighted by Gasteiger charge is -2.05. The van der Waals surface area contributed by atoms with Crippen molar-refractivity contribution < 1.29 is 9.26 Å². The summed E-state index contributed by atoms with van der Waals surface area (Å²) in [6.45, 7) is 3.93. The van der Waals surface area contributed by atoms with Gasteiger partial charge in [-0.2, -0.15) is 4.98 Å². The molecule has 0 fully saturated rings. The number of methoxy groups -OCH3 is 1. The highest BCUT2D eigenvalue weighted by molar-refractivity contribution is 4.89. The van der Waals surface area contributed by atoms with E-state index in [9.17, 15) is 0 Å². The standard InChI is InChI=1S/C10H19N3O2/c1-7(11)6-9-12-10(15-13-9)5-4-8(2)14-3/h7-8H,4-6,11H2,1-3H3. The molecular weight excluding hydrogens is 194 g/mol. The van der Waals surface area contributed by atoms with Crippen molar-refractivity contribution in [3.8, 4) is 0 Å². The normalized spacial score (nSPS) is 15.2. The summed E-state index contributed by atoms with van der Waals surface area (Å²) in [7, 11) is 1.69. The van der Waals surface area contributed by atoms with Gasteiger partial charge in [0, 0.05) is 26.0 Å². The van der Waals surface area contributed by atoms with Gasteiger partial charge in [0.25, 0.3) is 0 Å². The third-order valence-corrected chi connectivity index (χ3v) is 2.18. The Morgan fingerprint density at radius 2 is 2.20 bits per heavy atom. The first-order valence-corrected chi connectivity index (χ1v) is 5.21. The molecule has 0 aliphatic carbocycles. The Hall–Kier alpha value is -0.940. The predicted octanol–water partition coefficient (Wildman–Crippen LogP) is 0.927. The van der Waals surface area contributed by atoms with E-state index in [0.717, 1.165) is 12.8 Å². The van der Waals surface area contributed by atoms with Crippen molar-refractivity contribution in [2.45, 2.75) is 45.3 Å². The fourth-order valence-electron chi connectivity index (χ4n) is 1.21. The zero-order chi connectivity index (χ0) is 11.3. The second-order valence-electron chi connectivity index (χ2n) is 3.87. The Morgan fingerprint density at radius 1 is 1.47 bits per heavy atom. The molecule has 2 atom stereocenters. The highest BCUT2D eigenvalue weighted by atomic mass is 16.5. The van der Waals surface area contributed by atoms with Gasteiger partial charge in [0.2, 0.25) is 5.89 Å². The van der Waals surface area contributed by atoms with Crippen LogP contribution in [0.1, 0.15) is 32.0 Å². The average molecular weight is 213 g/mol. The van der Waals surface area contributed by atoms with E-state index < -0.39 is 0 Å². The number of aryl methyl sites for hydroxylation is 1. The van der Waals surface area contributed by atoms with E-state index in [1.807, 2.05) is 13.8 Å². The van der Waals surface area contributed by atoms with E-state index in [1.54, 1.807) is 7.11 Å². The summed E-state index contributed by atoms with van der Waals surface area (Å²) in [6, 6.07) is 0.0633. The third-order valence-electron chi connectivity index (χ3n) is 2.18. The van der Waals surface area contributed by atoms with Crippen molar-refractivity contribution in [2.75, 3.05) is 7.11 Å². The molecule has 1 aromatic heterocycles. The molecule has 2 unspecified atom stereocenters. The molecule has 0 saturated heterocycles. The minimum absolute atomic E-state index is 0.0633. The Kier molecular flexibility index (Phi) is 4.71. The molecule has 0 amide bonds. The molecule has 5 nitrogen and oxygen atoms in total. The molecule has 1 rings (SSSR count). The fourth-order valence-corrected chi connectivity index (χ4v) is 1.21. The van der Waals surface area contributed by atoms with E-state index in [0.29, 0.717) is 18.1 Å². The van der Waals surface area contributed by atoms with Gasteiger partial charge in [0.1, 0.15) is 0 Å². The van der Waals surface area contributed by atoms with Gasteiger partial charge in [0.05, 0.1) is 6.10 Å². The number of nitrogens with zero attached hydrogens (tertiary/aromatic N) is 2. The second-order valence-corrected chi connectivity index (χ2v) is 3.87. The molecule has 0 aliphatic rings. The van der Waals surface area contributed by atoms with Crippen LogP contribution >= 0.6 is 0 Å². The van der Waals surface area contributed by atoms with Gasteiger partial charge in [-0.1, -0.05) is 5.16 Å². The minimum Gasteiger partial charge on any atom is -0.382 e. The van der Waals surface area contributed by atoms with Gasteiger partial charge < -0.3 is 15.0 Å². The quantitative estimate of drug-likeness (QED) is 0.760. The molecule has 2 N–H and O–H groups in total. The van der Waals surface area contributed by atoms with Crippen molar-refractivity contribution in [2.24, 2.45) is 5.73 Å². The lowest BCUT2D eigenvalue weighted by atomic mass is 10.2. The summed E-state index contributed by atoms with van der Waals surface area (Å²) in [5.41, 5.74) is 5.64. The van der Waals surface area contributed by atoms with Crippen LogP contribution in [0.25, 0.3) is 0 Å². The Balaban J connectivity index is 2.39. The molecular formula is C10H19N3O2. The maximum Gasteiger partial charge on any atom is 0.226 e. The van der Waals surface area contributed by atoms with Crippen LogP contribution in [-0.4, -0.2) is 29.4 Å². The van der Waals surface area contributed by atoms with E-state index in [-0.39, 0.29) is 12.1 Å². The summed E-state index contributed by atoms with van der Waals surface area (Å²) in [6.07, 6.45) is 2.51. The molecule has 5 heteroatoms. The van der Waals surface area contributed by atoms with Crippen molar-refractivity contribution >= 4 is 0 Å². The van der Waals surface area contributed by atoms with Gasteiger partial charge in [-0.25, -0.2) is 0 Å². The van der Waals surface area contributed by atoms with Crippen molar-refractivity contribution in [3.63, 3.8) is 0 Å². The Labute approximate surface area is 90.0 Å². The smallest absolute Gasteiger partial charge is 0.226 e. The zero-order valence-electron chi connectivity index (χ0n) is 9.56. The van der Waals surface area contributed by atoms with E-state index in [4.69, 9.17) is 15.0 Å². The van der Waals surface area contributed by atoms with Crippen molar-refractivity contribution in [1.82, 2.24) is 10.1 Å². The van der Waals surface area contributed by atoms with Gasteiger partial charge in [-0.3, -0.25) is 0 Å². The lowest BCUT2D eigenvalue weighted by molar-refractivity contribution is 0.109. The summed E-state index contributed by atoms with van der Waals surface area (Å²) < 4.78 is 10.2. The summed E-state index contributed by atoms with van der Waals surface area (Å²) in [5.74, 6) is 1.35. The first-order valence-electron chi connectivity index (χ1n) is 5.21. The van der Waals surface area contributed by atoms with Crippen LogP contribution in [0.4, 0.5) is 0 Å². The van der Waals surface area contributed by atoms with Crippen molar-refractivity contribution in [3.05, 3.63) is 11.7 Å². The first kappa shape index (κ1) is 12.1. The van der Waals surface area contributed by atoms with Gasteiger partial charge in [-0.05, 0) is 20.3 Å². The van der Waals surface area contributed by atoms with Crippen LogP contribution in [0.3, 0.4) is 0 Å². The van der Waals surface area contributed by atoms with Crippen LogP contribution in [0.2, 0.25) is 0 Å². The number of hydrogen-bond donors (Lipinski definition) is 1. The monoisotopic (exact) mass is 213 g/mol. The average Bonchev–Trinajstić information content (AvgIpc) is 2.61. The molecule has 0 saturated carbocycles. The summed E-state index contributed by atoms with van der Waals surface area (Å²) >= 11 is 0. The Bertz CT molecular complexity index is 286. The zero-order valence-corrected chi connectivity index (χ0v) is 9.56. The van der Waals surface area contributed by atoms with E-state index in [1.165, 1.54) is 0 Å². The summed E-state index contributed by atoms with van der Waals surface area (Å²) in [4.78, 5) is 4.24. The highest BCUT2D eigenvalue weighted by Gasteiger charge is 2.09. The van der Waals surface area contributed by atoms with Crippen molar-refractivity contribution in [1.29, 1.82) is 0 Å².